The molecule has 248 valence electrons. The summed E-state index contributed by atoms with van der Waals surface area (Å²) in [7, 11) is 3.08. The van der Waals surface area contributed by atoms with Gasteiger partial charge in [0.05, 0.1) is 16.5 Å². The van der Waals surface area contributed by atoms with Crippen molar-refractivity contribution in [1.29, 1.82) is 0 Å². The SMILES string of the molecule is C#Cc1c(F)ccc2cc(OC(=O)N(C)C)cc(-c3nc(Cl)c4c(N5CC6CC(C5)N6)nc(OCC56CCCN5CCC6)nc4c3F)c12. The van der Waals surface area contributed by atoms with Crippen LogP contribution in [-0.4, -0.2) is 95.3 Å². The van der Waals surface area contributed by atoms with Crippen molar-refractivity contribution in [2.24, 2.45) is 0 Å². The number of fused-ring (bicyclic) bond motifs is 5. The highest BCUT2D eigenvalue weighted by Crippen LogP contribution is 2.43. The highest BCUT2D eigenvalue weighted by molar-refractivity contribution is 6.35. The summed E-state index contributed by atoms with van der Waals surface area (Å²) in [6.07, 6.45) is 10.4. The second-order valence-electron chi connectivity index (χ2n) is 13.4. The third kappa shape index (κ3) is 5.07. The first-order valence-corrected chi connectivity index (χ1v) is 16.6. The summed E-state index contributed by atoms with van der Waals surface area (Å²) in [6, 6.07) is 6.28. The van der Waals surface area contributed by atoms with Crippen LogP contribution >= 0.6 is 11.6 Å². The van der Waals surface area contributed by atoms with E-state index in [9.17, 15) is 4.79 Å². The summed E-state index contributed by atoms with van der Waals surface area (Å²) >= 11 is 6.93. The Labute approximate surface area is 281 Å². The number of terminal acetylenes is 1. The fourth-order valence-electron chi connectivity index (χ4n) is 7.90. The minimum absolute atomic E-state index is 0.0333. The monoisotopic (exact) mass is 673 g/mol. The number of hydrogen-bond acceptors (Lipinski definition) is 9. The number of piperazine rings is 1. The first-order chi connectivity index (χ1) is 23.1. The second kappa shape index (κ2) is 11.7. The summed E-state index contributed by atoms with van der Waals surface area (Å²) in [5.74, 6) is 1.46. The van der Waals surface area contributed by atoms with Gasteiger partial charge < -0.3 is 24.6 Å². The number of ether oxygens (including phenoxy) is 2. The normalized spacial score (nSPS) is 21.2. The zero-order valence-corrected chi connectivity index (χ0v) is 27.4. The van der Waals surface area contributed by atoms with Crippen LogP contribution in [0.4, 0.5) is 19.4 Å². The van der Waals surface area contributed by atoms with Gasteiger partial charge in [0, 0.05) is 50.2 Å². The molecule has 1 N–H and O–H groups in total. The van der Waals surface area contributed by atoms with E-state index in [1.54, 1.807) is 0 Å². The van der Waals surface area contributed by atoms with E-state index in [4.69, 9.17) is 32.5 Å². The Morgan fingerprint density at radius 3 is 2.54 bits per heavy atom. The summed E-state index contributed by atoms with van der Waals surface area (Å²) in [4.78, 5) is 32.3. The van der Waals surface area contributed by atoms with Crippen molar-refractivity contribution in [2.75, 3.05) is 51.8 Å². The minimum atomic E-state index is -0.811. The number of nitrogens with one attached hydrogen (secondary N) is 1. The molecule has 0 aliphatic carbocycles. The number of hydrogen-bond donors (Lipinski definition) is 1. The highest BCUT2D eigenvalue weighted by Gasteiger charge is 2.45. The molecule has 4 aromatic rings. The number of rotatable bonds is 6. The highest BCUT2D eigenvalue weighted by atomic mass is 35.5. The number of anilines is 1. The molecule has 0 spiro atoms. The molecule has 2 aromatic carbocycles. The molecule has 5 aliphatic heterocycles. The van der Waals surface area contributed by atoms with Crippen LogP contribution in [0.5, 0.6) is 11.8 Å². The maximum Gasteiger partial charge on any atom is 0.414 e. The standard InChI is InChI=1S/C35H34ClF2N7O3/c1-4-23-25(37)8-7-19-13-22(48-34(46)43(2)3)15-24(26(19)23)29-28(38)30-27(31(36)40-29)32(44-16-20-14-21(17-44)39-20)42-33(41-30)47-18-35-9-5-11-45(35)12-6-10-35/h1,7-8,13,15,20-21,39H,5-6,9-12,14,16-18H2,2-3H3. The lowest BCUT2D eigenvalue weighted by Gasteiger charge is -2.48. The van der Waals surface area contributed by atoms with Crippen molar-refractivity contribution in [3.05, 3.63) is 46.6 Å². The molecule has 5 aliphatic rings. The number of pyridine rings is 1. The Morgan fingerprint density at radius 1 is 1.12 bits per heavy atom. The van der Waals surface area contributed by atoms with E-state index in [0.29, 0.717) is 30.9 Å². The Balaban J connectivity index is 1.31. The Morgan fingerprint density at radius 2 is 1.85 bits per heavy atom. The summed E-state index contributed by atoms with van der Waals surface area (Å²) in [6.45, 7) is 3.79. The summed E-state index contributed by atoms with van der Waals surface area (Å²) < 4.78 is 44.1. The third-order valence-electron chi connectivity index (χ3n) is 10.2. The molecule has 1 amide bonds. The molecule has 7 heterocycles. The maximum absolute atomic E-state index is 17.1. The molecule has 9 rings (SSSR count). The molecule has 2 atom stereocenters. The Kier molecular flexibility index (Phi) is 7.54. The number of carbonyl (C=O) groups is 1. The fourth-order valence-corrected chi connectivity index (χ4v) is 8.16. The third-order valence-corrected chi connectivity index (χ3v) is 10.5. The van der Waals surface area contributed by atoms with Gasteiger partial charge in [-0.1, -0.05) is 23.6 Å². The lowest BCUT2D eigenvalue weighted by atomic mass is 9.91. The Bertz CT molecular complexity index is 2010. The van der Waals surface area contributed by atoms with Crippen LogP contribution in [0, 0.1) is 24.0 Å². The predicted molar refractivity (Wildman–Crippen MR) is 179 cm³/mol. The quantitative estimate of drug-likeness (QED) is 0.214. The molecule has 2 unspecified atom stereocenters. The summed E-state index contributed by atoms with van der Waals surface area (Å²) in [5.41, 5.74) is -0.368. The van der Waals surface area contributed by atoms with Crippen molar-refractivity contribution in [2.45, 2.75) is 49.7 Å². The molecular weight excluding hydrogens is 640 g/mol. The molecule has 10 nitrogen and oxygen atoms in total. The molecular formula is C35H34ClF2N7O3. The van der Waals surface area contributed by atoms with Gasteiger partial charge in [-0.2, -0.15) is 9.97 Å². The van der Waals surface area contributed by atoms with E-state index in [2.05, 4.69) is 31.0 Å². The number of aromatic nitrogens is 3. The van der Waals surface area contributed by atoms with Crippen molar-refractivity contribution in [3.63, 3.8) is 0 Å². The van der Waals surface area contributed by atoms with E-state index in [1.165, 1.54) is 43.3 Å². The summed E-state index contributed by atoms with van der Waals surface area (Å²) in [5, 5.41) is 4.38. The van der Waals surface area contributed by atoms with Crippen LogP contribution in [0.15, 0.2) is 24.3 Å². The number of amides is 1. The lowest BCUT2D eigenvalue weighted by molar-refractivity contribution is 0.107. The first kappa shape index (κ1) is 31.0. The van der Waals surface area contributed by atoms with E-state index < -0.39 is 17.7 Å². The number of benzene rings is 2. The van der Waals surface area contributed by atoms with E-state index in [-0.39, 0.29) is 67.6 Å². The van der Waals surface area contributed by atoms with Crippen LogP contribution < -0.4 is 19.7 Å². The van der Waals surface area contributed by atoms with Crippen LogP contribution in [0.3, 0.4) is 0 Å². The number of halogens is 3. The smallest absolute Gasteiger partial charge is 0.414 e. The van der Waals surface area contributed by atoms with Gasteiger partial charge in [-0.05, 0) is 68.8 Å². The molecule has 5 saturated heterocycles. The Hall–Kier alpha value is -4.31. The van der Waals surface area contributed by atoms with Crippen LogP contribution in [0.25, 0.3) is 32.9 Å². The van der Waals surface area contributed by atoms with Gasteiger partial charge >= 0.3 is 12.1 Å². The predicted octanol–water partition coefficient (Wildman–Crippen LogP) is 5.38. The topological polar surface area (TPSA) is 96.0 Å². The van der Waals surface area contributed by atoms with Gasteiger partial charge in [-0.25, -0.2) is 18.6 Å². The van der Waals surface area contributed by atoms with Gasteiger partial charge in [0.15, 0.2) is 5.82 Å². The second-order valence-corrected chi connectivity index (χ2v) is 13.8. The van der Waals surface area contributed by atoms with Gasteiger partial charge in [0.25, 0.3) is 0 Å². The lowest BCUT2D eigenvalue weighted by Crippen LogP contribution is -2.67. The zero-order chi connectivity index (χ0) is 33.3. The molecule has 5 fully saturated rings. The van der Waals surface area contributed by atoms with Gasteiger partial charge in [-0.15, -0.1) is 6.42 Å². The number of nitrogens with zero attached hydrogens (tertiary/aromatic N) is 6. The van der Waals surface area contributed by atoms with E-state index in [1.807, 2.05) is 0 Å². The van der Waals surface area contributed by atoms with Crippen LogP contribution in [-0.2, 0) is 0 Å². The van der Waals surface area contributed by atoms with Crippen molar-refractivity contribution < 1.29 is 23.0 Å². The van der Waals surface area contributed by atoms with Crippen LogP contribution in [0.1, 0.15) is 37.7 Å². The van der Waals surface area contributed by atoms with Crippen molar-refractivity contribution >= 4 is 45.2 Å². The minimum Gasteiger partial charge on any atom is -0.461 e. The average Bonchev–Trinajstić information content (AvgIpc) is 3.65. The zero-order valence-electron chi connectivity index (χ0n) is 26.7. The van der Waals surface area contributed by atoms with Crippen LogP contribution in [0.2, 0.25) is 5.15 Å². The number of piperidine rings is 1. The molecule has 2 bridgehead atoms. The molecule has 0 radical (unpaired) electrons. The van der Waals surface area contributed by atoms with E-state index >= 15 is 8.78 Å². The number of carbonyl (C=O) groups excluding carboxylic acids is 1. The average molecular weight is 674 g/mol. The van der Waals surface area contributed by atoms with Crippen molar-refractivity contribution in [1.82, 2.24) is 30.1 Å². The van der Waals surface area contributed by atoms with Crippen molar-refractivity contribution in [3.8, 4) is 35.4 Å². The van der Waals surface area contributed by atoms with Gasteiger partial charge in [0.1, 0.15) is 40.4 Å². The maximum atomic E-state index is 17.1. The van der Waals surface area contributed by atoms with Gasteiger partial charge in [0.2, 0.25) is 0 Å². The largest absolute Gasteiger partial charge is 0.461 e. The fraction of sp³-hybridized carbons (Fsp3) is 0.429. The molecule has 2 aromatic heterocycles. The molecule has 0 saturated carbocycles. The van der Waals surface area contributed by atoms with E-state index in [0.717, 1.165) is 45.2 Å². The molecule has 13 heteroatoms. The molecule has 48 heavy (non-hydrogen) atoms. The van der Waals surface area contributed by atoms with Gasteiger partial charge in [-0.3, -0.25) is 4.90 Å². The first-order valence-electron chi connectivity index (χ1n) is 16.2.